The van der Waals surface area contributed by atoms with Crippen LogP contribution in [0.4, 0.5) is 13.2 Å². The Bertz CT molecular complexity index is 6130. The normalized spacial score (nSPS) is 10.6. The smallest absolute Gasteiger partial charge is 0.381 e. The summed E-state index contributed by atoms with van der Waals surface area (Å²) in [5, 5.41) is 56.6. The molecule has 5 radical (unpaired) electrons. The summed E-state index contributed by atoms with van der Waals surface area (Å²) in [6, 6.07) is 102. The van der Waals surface area contributed by atoms with Crippen LogP contribution in [-0.4, -0.2) is 91.6 Å². The molecule has 17 nitrogen and oxygen atoms in total. The first kappa shape index (κ1) is 116. The molecule has 10 aromatic carbocycles. The van der Waals surface area contributed by atoms with E-state index in [4.69, 9.17) is 35.4 Å². The molecule has 6 N–H and O–H groups in total. The number of hydrogen-bond donors (Lipinski definition) is 6. The van der Waals surface area contributed by atoms with Crippen molar-refractivity contribution in [2.24, 2.45) is 0 Å². The monoisotopic (exact) mass is 2640 g/mol. The fraction of sp³-hybridized carbons (Fsp3) is 0.143. The number of alkyl halides is 3. The molecule has 5 aromatic heterocycles. The number of aryl methyl sites for hydroxylation is 2. The van der Waals surface area contributed by atoms with Crippen LogP contribution in [0.15, 0.2) is 332 Å². The molecular weight excluding hydrogens is 2540 g/mol. The Morgan fingerprint density at radius 1 is 0.338 bits per heavy atom. The van der Waals surface area contributed by atoms with Gasteiger partial charge in [-0.25, -0.2) is 0 Å². The maximum atomic E-state index is 12.5. The summed E-state index contributed by atoms with van der Waals surface area (Å²) in [5.74, 6) is 0.493. The Kier molecular flexibility index (Phi) is 54.3. The number of hydrogen-bond acceptors (Lipinski definition) is 17. The summed E-state index contributed by atoms with van der Waals surface area (Å²) < 4.78 is 42.6. The second-order valence-electron chi connectivity index (χ2n) is 27.8. The Morgan fingerprint density at radius 3 is 0.923 bits per heavy atom. The molecule has 15 aromatic rings. The van der Waals surface area contributed by atoms with Crippen LogP contribution in [0.2, 0.25) is 0 Å². The predicted molar refractivity (Wildman–Crippen MR) is 492 cm³/mol. The quantitative estimate of drug-likeness (QED) is 0.0377. The van der Waals surface area contributed by atoms with E-state index < -0.39 is 11.7 Å². The number of allylic oxidation sites excluding steroid dienone is 10. The number of pyridine rings is 5. The second-order valence-corrected chi connectivity index (χ2v) is 27.8. The molecule has 0 aliphatic carbocycles. The van der Waals surface area contributed by atoms with E-state index in [9.17, 15) is 37.1 Å². The van der Waals surface area contributed by atoms with Gasteiger partial charge >= 0.3 is 6.18 Å². The largest absolute Gasteiger partial charge is 0.540 e. The summed E-state index contributed by atoms with van der Waals surface area (Å²) in [6.07, 6.45) is 1.49. The van der Waals surface area contributed by atoms with Crippen molar-refractivity contribution in [3.8, 4) is 62.0 Å². The second kappa shape index (κ2) is 60.8. The summed E-state index contributed by atoms with van der Waals surface area (Å²) in [7, 11) is 1.65. The number of ether oxygens (including phenoxy) is 1. The molecule has 0 aliphatic rings. The van der Waals surface area contributed by atoms with Crippen LogP contribution in [0.5, 0.6) is 5.75 Å². The SMILES string of the molecule is CC(=O)C=C(C)O.CC(=O)C=C(C)O.CC(=O)C=C(C)O.CC(=O)C=C(C)O.CC(=O)C=C(C)O.COc1c[c-]c(-c2ccc3ccccc3n2)cc1.Cc1cc[c-]c(-c2ccc3ccccc3n2)c1.Cc1ccc[c-]c1-c1ccc2ccccc2n1.FC(F)(F)c1c[c-]c(-c2ccc3ccccc3n2)cc1.OCc1cc[c-]c(-c2ccc3ccccc3n2)c1.[Ir].[Ir].[Ir].[Ir].[Ir]. The number of halogens is 3. The molecule has 5 heterocycles. The van der Waals surface area contributed by atoms with Gasteiger partial charge in [-0.05, 0) is 161 Å². The van der Waals surface area contributed by atoms with Gasteiger partial charge in [-0.15, -0.1) is 166 Å². The zero-order chi connectivity index (χ0) is 91.5. The van der Waals surface area contributed by atoms with Gasteiger partial charge in [0.15, 0.2) is 28.9 Å². The molecule has 0 spiro atoms. The van der Waals surface area contributed by atoms with E-state index in [0.29, 0.717) is 11.3 Å². The average Bonchev–Trinajstić information content (AvgIpc) is 0.827. The van der Waals surface area contributed by atoms with Crippen molar-refractivity contribution in [1.82, 2.24) is 24.9 Å². The van der Waals surface area contributed by atoms with Gasteiger partial charge in [0.25, 0.3) is 0 Å². The fourth-order valence-electron chi connectivity index (χ4n) is 11.3. The van der Waals surface area contributed by atoms with Gasteiger partial charge in [0.05, 0.1) is 70.1 Å². The topological polar surface area (TPSA) is 280 Å². The van der Waals surface area contributed by atoms with Gasteiger partial charge in [0, 0.05) is 137 Å². The third kappa shape index (κ3) is 43.0. The Hall–Kier alpha value is -11.9. The number of fused-ring (bicyclic) bond motifs is 5. The molecule has 0 bridgehead atoms. The van der Waals surface area contributed by atoms with Crippen molar-refractivity contribution in [2.45, 2.75) is 95.9 Å². The molecule has 0 amide bonds. The number of nitrogens with zero attached hydrogens (tertiary/aromatic N) is 5. The molecule has 0 atom stereocenters. The minimum atomic E-state index is -4.34. The van der Waals surface area contributed by atoms with E-state index in [1.165, 1.54) is 128 Å². The number of aliphatic hydroxyl groups excluding tert-OH is 6. The first-order valence-corrected chi connectivity index (χ1v) is 39.0. The van der Waals surface area contributed by atoms with E-state index >= 15 is 0 Å². The van der Waals surface area contributed by atoms with E-state index in [1.807, 2.05) is 188 Å². The van der Waals surface area contributed by atoms with Crippen LogP contribution in [0, 0.1) is 44.2 Å². The fourth-order valence-corrected chi connectivity index (χ4v) is 11.3. The van der Waals surface area contributed by atoms with E-state index in [-0.39, 0.29) is 165 Å². The molecular formula is C105H97F3Ir5N5O12-5. The number of aromatic nitrogens is 5. The van der Waals surface area contributed by atoms with Crippen molar-refractivity contribution in [2.75, 3.05) is 7.11 Å². The Labute approximate surface area is 824 Å². The van der Waals surface area contributed by atoms with Gasteiger partial charge in [-0.1, -0.05) is 166 Å². The van der Waals surface area contributed by atoms with Crippen LogP contribution >= 0.6 is 0 Å². The van der Waals surface area contributed by atoms with Crippen molar-refractivity contribution in [3.05, 3.63) is 385 Å². The number of rotatable bonds is 12. The van der Waals surface area contributed by atoms with Crippen LogP contribution in [-0.2, 0) is 137 Å². The number of ketones is 5. The molecule has 0 saturated carbocycles. The molecule has 685 valence electrons. The molecule has 0 saturated heterocycles. The maximum absolute atomic E-state index is 12.5. The molecule has 0 fully saturated rings. The number of benzene rings is 10. The summed E-state index contributed by atoms with van der Waals surface area (Å²) in [5.41, 5.74) is 16.4. The van der Waals surface area contributed by atoms with Gasteiger partial charge in [0.2, 0.25) is 0 Å². The Balaban J connectivity index is 0.000000739. The number of para-hydroxylation sites is 5. The van der Waals surface area contributed by atoms with Gasteiger partial charge < -0.3 is 35.4 Å². The molecule has 15 rings (SSSR count). The zero-order valence-corrected chi connectivity index (χ0v) is 85.2. The minimum absolute atomic E-state index is 0. The average molecular weight is 2640 g/mol. The third-order valence-corrected chi connectivity index (χ3v) is 16.6. The standard InChI is InChI=1S/C16H9F3N.2C16H12NO.2C16H12N.5C5H8O2.5Ir/c17-16(18,19)13-8-5-12(6-9-13)15-10-7-11-3-1-2-4-14(11)20-15;1-18-14-9-6-13(7-10-14)16-11-8-12-4-2-3-5-15(12)17-16;18-11-12-4-3-6-14(10-12)16-9-8-13-5-1-2-7-15(13)17-16;1-12-6-2-4-8-14(12)16-11-10-13-7-3-5-9-15(13)17-16;1-12-5-4-7-14(11-12)16-10-9-13-6-2-3-8-15(13)17-16;5*1-4(6)3-5(2)7;;;;;/h1-5,7-10H;2-6,8-11H,1H3;1-5,7-10,18H,11H2;2-7,9-11H,1H3;2-6,8-11H,1H3;5*3,6H,1-2H3;;;;;/q5*-1;;;;;;;;;;. The van der Waals surface area contributed by atoms with Crippen LogP contribution in [0.3, 0.4) is 0 Å². The van der Waals surface area contributed by atoms with Crippen LogP contribution < -0.4 is 4.74 Å². The van der Waals surface area contributed by atoms with E-state index in [1.54, 1.807) is 13.2 Å². The van der Waals surface area contributed by atoms with Crippen molar-refractivity contribution in [3.63, 3.8) is 0 Å². The molecule has 130 heavy (non-hydrogen) atoms. The van der Waals surface area contributed by atoms with Gasteiger partial charge in [0.1, 0.15) is 0 Å². The number of carbonyl (C=O) groups is 5. The van der Waals surface area contributed by atoms with E-state index in [0.717, 1.165) is 112 Å². The van der Waals surface area contributed by atoms with Crippen LogP contribution in [0.1, 0.15) is 91.5 Å². The first-order chi connectivity index (χ1) is 59.6. The van der Waals surface area contributed by atoms with Crippen molar-refractivity contribution >= 4 is 83.4 Å². The maximum Gasteiger partial charge on any atom is 0.381 e. The summed E-state index contributed by atoms with van der Waals surface area (Å²) in [4.78, 5) is 73.1. The molecule has 0 aliphatic heterocycles. The van der Waals surface area contributed by atoms with Crippen LogP contribution in [0.25, 0.3) is 111 Å². The summed E-state index contributed by atoms with van der Waals surface area (Å²) in [6.45, 7) is 18.4. The van der Waals surface area contributed by atoms with Crippen molar-refractivity contribution < 1.29 is 173 Å². The van der Waals surface area contributed by atoms with Crippen molar-refractivity contribution in [1.29, 1.82) is 0 Å². The number of methoxy groups -OCH3 is 1. The minimum Gasteiger partial charge on any atom is -0.540 e. The predicted octanol–water partition coefficient (Wildman–Crippen LogP) is 24.8. The first-order valence-electron chi connectivity index (χ1n) is 39.0. The zero-order valence-electron chi connectivity index (χ0n) is 73.2. The molecule has 25 heteroatoms. The van der Waals surface area contributed by atoms with Gasteiger partial charge in [-0.2, -0.15) is 13.2 Å². The van der Waals surface area contributed by atoms with E-state index in [2.05, 4.69) is 130 Å². The number of aliphatic hydroxyl groups is 6. The Morgan fingerprint density at radius 2 is 0.646 bits per heavy atom. The summed E-state index contributed by atoms with van der Waals surface area (Å²) >= 11 is 0. The number of carbonyl (C=O) groups excluding carboxylic acids is 5. The molecule has 0 unspecified atom stereocenters. The third-order valence-electron chi connectivity index (χ3n) is 16.6. The van der Waals surface area contributed by atoms with Gasteiger partial charge in [-0.3, -0.25) is 48.9 Å².